The highest BCUT2D eigenvalue weighted by molar-refractivity contribution is 6.30. The molecule has 52 heavy (non-hydrogen) atoms. The molecule has 0 spiro atoms. The number of methoxy groups -OCH3 is 1. The van der Waals surface area contributed by atoms with Crippen molar-refractivity contribution in [1.82, 2.24) is 10.6 Å². The van der Waals surface area contributed by atoms with Crippen LogP contribution in [0.5, 0.6) is 11.5 Å². The number of para-hydroxylation sites is 1. The van der Waals surface area contributed by atoms with Gasteiger partial charge in [-0.25, -0.2) is 4.39 Å². The molecule has 0 saturated carbocycles. The molecule has 0 bridgehead atoms. The summed E-state index contributed by atoms with van der Waals surface area (Å²) in [6.45, 7) is 8.58. The Morgan fingerprint density at radius 1 is 0.962 bits per heavy atom. The fourth-order valence-corrected chi connectivity index (χ4v) is 6.29. The van der Waals surface area contributed by atoms with Crippen LogP contribution >= 0.6 is 24.0 Å². The number of fused-ring (bicyclic) bond motifs is 1. The Morgan fingerprint density at radius 3 is 2.44 bits per heavy atom. The zero-order valence-electron chi connectivity index (χ0n) is 30.1. The fraction of sp³-hybridized carbons (Fsp3) is 0.366. The summed E-state index contributed by atoms with van der Waals surface area (Å²) in [5.41, 5.74) is 3.27. The second kappa shape index (κ2) is 19.1. The molecule has 1 aliphatic heterocycles. The summed E-state index contributed by atoms with van der Waals surface area (Å²) in [6, 6.07) is 27.5. The summed E-state index contributed by atoms with van der Waals surface area (Å²) >= 11 is 6.58. The SMILES string of the molecule is COc1c(OCCCNCCc2ccccc2)cccc1[C@H]1O[C@H](CC(=O)NCc2ccccc2F)C(=O)N(CC(C)(C)C)c2ccc(Cl)cc21.Cl. The minimum absolute atomic E-state index is 0. The number of hydrogen-bond acceptors (Lipinski definition) is 6. The van der Waals surface area contributed by atoms with Crippen molar-refractivity contribution in [2.45, 2.75) is 58.8 Å². The summed E-state index contributed by atoms with van der Waals surface area (Å²) in [5, 5.41) is 6.70. The Balaban J connectivity index is 0.00000605. The van der Waals surface area contributed by atoms with Crippen molar-refractivity contribution in [2.75, 3.05) is 38.3 Å². The van der Waals surface area contributed by atoms with Crippen LogP contribution in [0.1, 0.15) is 62.0 Å². The molecule has 2 amide bonds. The molecule has 5 rings (SSSR count). The minimum Gasteiger partial charge on any atom is -0.492 e. The van der Waals surface area contributed by atoms with Gasteiger partial charge in [-0.3, -0.25) is 9.59 Å². The van der Waals surface area contributed by atoms with Crippen LogP contribution in [0, 0.1) is 11.2 Å². The standard InChI is InChI=1S/C41H47ClFN3O5.ClH/c1-41(2,3)27-46-34-19-18-30(42)24-32(34)38(51-36(40(46)48)25-37(47)45-26-29-14-8-9-16-33(29)43)31-15-10-17-35(39(31)49-4)50-23-11-21-44-22-20-28-12-6-5-7-13-28;/h5-10,12-19,24,36,38,44H,11,20-23,25-27H2,1-4H3,(H,45,47);1H/t36-,38-;/m1./s1. The first-order valence-corrected chi connectivity index (χ1v) is 17.7. The average Bonchev–Trinajstić information content (AvgIpc) is 3.21. The maximum atomic E-state index is 14.3. The molecule has 2 atom stereocenters. The fourth-order valence-electron chi connectivity index (χ4n) is 6.11. The van der Waals surface area contributed by atoms with Gasteiger partial charge in [-0.05, 0) is 67.2 Å². The molecule has 11 heteroatoms. The molecule has 1 heterocycles. The first-order valence-electron chi connectivity index (χ1n) is 17.3. The lowest BCUT2D eigenvalue weighted by molar-refractivity contribution is -0.138. The third-order valence-electron chi connectivity index (χ3n) is 8.53. The number of hydrogen-bond donors (Lipinski definition) is 2. The van der Waals surface area contributed by atoms with Gasteiger partial charge in [0, 0.05) is 40.5 Å². The van der Waals surface area contributed by atoms with Crippen LogP contribution in [0.2, 0.25) is 5.02 Å². The number of rotatable bonds is 15. The number of benzene rings is 4. The summed E-state index contributed by atoms with van der Waals surface area (Å²) in [6.07, 6.45) is -0.549. The first-order chi connectivity index (χ1) is 24.5. The second-order valence-corrected chi connectivity index (χ2v) is 14.3. The van der Waals surface area contributed by atoms with E-state index in [1.165, 1.54) is 11.6 Å². The molecule has 0 saturated heterocycles. The average molecular weight is 753 g/mol. The monoisotopic (exact) mass is 751 g/mol. The van der Waals surface area contributed by atoms with E-state index in [0.29, 0.717) is 52.1 Å². The molecule has 4 aromatic carbocycles. The molecule has 0 unspecified atom stereocenters. The number of nitrogens with zero attached hydrogens (tertiary/aromatic N) is 1. The predicted molar refractivity (Wildman–Crippen MR) is 206 cm³/mol. The Morgan fingerprint density at radius 2 is 1.71 bits per heavy atom. The van der Waals surface area contributed by atoms with Crippen molar-refractivity contribution in [3.63, 3.8) is 0 Å². The van der Waals surface area contributed by atoms with E-state index in [4.69, 9.17) is 25.8 Å². The van der Waals surface area contributed by atoms with E-state index in [-0.39, 0.29) is 36.7 Å². The molecule has 0 aliphatic carbocycles. The van der Waals surface area contributed by atoms with E-state index < -0.39 is 23.9 Å². The summed E-state index contributed by atoms with van der Waals surface area (Å²) in [4.78, 5) is 29.3. The highest BCUT2D eigenvalue weighted by Crippen LogP contribution is 2.45. The molecule has 8 nitrogen and oxygen atoms in total. The van der Waals surface area contributed by atoms with Gasteiger partial charge in [-0.2, -0.15) is 0 Å². The number of amides is 2. The molecule has 0 radical (unpaired) electrons. The number of anilines is 1. The van der Waals surface area contributed by atoms with Gasteiger partial charge in [0.25, 0.3) is 5.91 Å². The number of carbonyl (C=O) groups excluding carboxylic acids is 2. The van der Waals surface area contributed by atoms with Crippen molar-refractivity contribution < 1.29 is 28.2 Å². The van der Waals surface area contributed by atoms with Crippen molar-refractivity contribution in [3.05, 3.63) is 124 Å². The third kappa shape index (κ3) is 10.9. The number of halogens is 3. The van der Waals surface area contributed by atoms with Crippen LogP contribution in [0.3, 0.4) is 0 Å². The normalized spacial score (nSPS) is 15.7. The largest absolute Gasteiger partial charge is 0.492 e. The van der Waals surface area contributed by atoms with Gasteiger partial charge in [0.1, 0.15) is 18.0 Å². The lowest BCUT2D eigenvalue weighted by atomic mass is 9.94. The summed E-state index contributed by atoms with van der Waals surface area (Å²) < 4.78 is 33.1. The molecule has 0 fully saturated rings. The summed E-state index contributed by atoms with van der Waals surface area (Å²) in [5.74, 6) is -0.228. The van der Waals surface area contributed by atoms with E-state index in [1.54, 1.807) is 42.3 Å². The lowest BCUT2D eigenvalue weighted by Crippen LogP contribution is -2.45. The van der Waals surface area contributed by atoms with Gasteiger partial charge in [-0.15, -0.1) is 12.4 Å². The lowest BCUT2D eigenvalue weighted by Gasteiger charge is -2.31. The maximum Gasteiger partial charge on any atom is 0.256 e. The van der Waals surface area contributed by atoms with E-state index in [1.807, 2.05) is 63.2 Å². The van der Waals surface area contributed by atoms with Gasteiger partial charge >= 0.3 is 0 Å². The molecule has 4 aromatic rings. The number of carbonyl (C=O) groups is 2. The van der Waals surface area contributed by atoms with Crippen molar-refractivity contribution >= 4 is 41.5 Å². The van der Waals surface area contributed by atoms with Crippen molar-refractivity contribution in [2.24, 2.45) is 5.41 Å². The Hall–Kier alpha value is -4.15. The Bertz CT molecular complexity index is 1790. The molecule has 2 N–H and O–H groups in total. The topological polar surface area (TPSA) is 89.1 Å². The van der Waals surface area contributed by atoms with Crippen LogP contribution in [0.25, 0.3) is 0 Å². The smallest absolute Gasteiger partial charge is 0.256 e. The maximum absolute atomic E-state index is 14.3. The number of ether oxygens (including phenoxy) is 3. The quantitative estimate of drug-likeness (QED) is 0.120. The van der Waals surface area contributed by atoms with Crippen molar-refractivity contribution in [1.29, 1.82) is 0 Å². The van der Waals surface area contributed by atoms with Crippen LogP contribution in [0.4, 0.5) is 10.1 Å². The number of nitrogens with one attached hydrogen (secondary N) is 2. The van der Waals surface area contributed by atoms with Gasteiger partial charge in [-0.1, -0.05) is 93.0 Å². The second-order valence-electron chi connectivity index (χ2n) is 13.8. The Kier molecular flexibility index (Phi) is 14.9. The van der Waals surface area contributed by atoms with E-state index in [2.05, 4.69) is 22.8 Å². The van der Waals surface area contributed by atoms with E-state index >= 15 is 0 Å². The van der Waals surface area contributed by atoms with Crippen LogP contribution in [0.15, 0.2) is 91.0 Å². The zero-order chi connectivity index (χ0) is 36.4. The van der Waals surface area contributed by atoms with E-state index in [9.17, 15) is 14.0 Å². The summed E-state index contributed by atoms with van der Waals surface area (Å²) in [7, 11) is 1.57. The molecule has 0 aromatic heterocycles. The zero-order valence-corrected chi connectivity index (χ0v) is 31.7. The Labute approximate surface area is 317 Å². The third-order valence-corrected chi connectivity index (χ3v) is 8.76. The van der Waals surface area contributed by atoms with E-state index in [0.717, 1.165) is 25.9 Å². The van der Waals surface area contributed by atoms with Crippen LogP contribution < -0.4 is 25.0 Å². The van der Waals surface area contributed by atoms with Gasteiger partial charge in [0.2, 0.25) is 5.91 Å². The molecular weight excluding hydrogens is 704 g/mol. The van der Waals surface area contributed by atoms with Crippen LogP contribution in [-0.4, -0.2) is 51.3 Å². The van der Waals surface area contributed by atoms with Gasteiger partial charge in [0.15, 0.2) is 11.5 Å². The highest BCUT2D eigenvalue weighted by atomic mass is 35.5. The predicted octanol–water partition coefficient (Wildman–Crippen LogP) is 8.08. The van der Waals surface area contributed by atoms with Crippen LogP contribution in [-0.2, 0) is 27.3 Å². The first kappa shape index (κ1) is 40.6. The molecule has 1 aliphatic rings. The van der Waals surface area contributed by atoms with Gasteiger partial charge in [0.05, 0.1) is 20.1 Å². The van der Waals surface area contributed by atoms with Crippen molar-refractivity contribution in [3.8, 4) is 11.5 Å². The minimum atomic E-state index is -1.17. The molecule has 278 valence electrons. The molecular formula is C41H48Cl2FN3O5. The highest BCUT2D eigenvalue weighted by Gasteiger charge is 2.40. The van der Waals surface area contributed by atoms with Gasteiger partial charge < -0.3 is 29.7 Å².